The Morgan fingerprint density at radius 1 is 1.08 bits per heavy atom. The van der Waals surface area contributed by atoms with Crippen LogP contribution in [0.15, 0.2) is 48.5 Å². The van der Waals surface area contributed by atoms with Gasteiger partial charge in [0.15, 0.2) is 12.4 Å². The van der Waals surface area contributed by atoms with Gasteiger partial charge in [0.2, 0.25) is 0 Å². The van der Waals surface area contributed by atoms with Crippen LogP contribution in [0.25, 0.3) is 6.08 Å². The van der Waals surface area contributed by atoms with E-state index in [1.54, 1.807) is 51.5 Å². The predicted octanol–water partition coefficient (Wildman–Crippen LogP) is 3.37. The van der Waals surface area contributed by atoms with Crippen molar-refractivity contribution < 1.29 is 19.1 Å². The molecule has 0 N–H and O–H groups in total. The number of carbonyl (C=O) groups excluding carboxylic acids is 2. The Kier molecular flexibility index (Phi) is 6.55. The van der Waals surface area contributed by atoms with Crippen LogP contribution in [-0.2, 0) is 4.79 Å². The van der Waals surface area contributed by atoms with Gasteiger partial charge >= 0.3 is 0 Å². The normalized spacial score (nSPS) is 10.6. The minimum Gasteiger partial charge on any atom is -0.496 e. The fourth-order valence-corrected chi connectivity index (χ4v) is 2.26. The molecule has 2 rings (SSSR count). The highest BCUT2D eigenvalue weighted by Gasteiger charge is 2.06. The Morgan fingerprint density at radius 2 is 1.77 bits per heavy atom. The number of hydrogen-bond donors (Lipinski definition) is 0. The molecule has 136 valence electrons. The van der Waals surface area contributed by atoms with E-state index in [2.05, 4.69) is 0 Å². The number of hydrogen-bond acceptors (Lipinski definition) is 4. The lowest BCUT2D eigenvalue weighted by Gasteiger charge is -2.11. The first-order chi connectivity index (χ1) is 12.4. The van der Waals surface area contributed by atoms with Crippen molar-refractivity contribution in [2.45, 2.75) is 6.92 Å². The number of methoxy groups -OCH3 is 1. The number of aryl methyl sites for hydroxylation is 1. The van der Waals surface area contributed by atoms with E-state index in [0.717, 1.165) is 16.9 Å². The summed E-state index contributed by atoms with van der Waals surface area (Å²) in [7, 11) is 4.97. The van der Waals surface area contributed by atoms with Crippen LogP contribution in [0, 0.1) is 6.92 Å². The average molecular weight is 353 g/mol. The molecule has 5 heteroatoms. The van der Waals surface area contributed by atoms with Crippen LogP contribution >= 0.6 is 0 Å². The predicted molar refractivity (Wildman–Crippen MR) is 102 cm³/mol. The highest BCUT2D eigenvalue weighted by Crippen LogP contribution is 2.19. The number of ether oxygens (including phenoxy) is 2. The summed E-state index contributed by atoms with van der Waals surface area (Å²) in [5, 5.41) is 0. The van der Waals surface area contributed by atoms with E-state index in [1.807, 2.05) is 25.1 Å². The summed E-state index contributed by atoms with van der Waals surface area (Å²) in [6.07, 6.45) is 3.31. The molecular weight excluding hydrogens is 330 g/mol. The number of allylic oxidation sites excluding steroid dienone is 1. The Morgan fingerprint density at radius 3 is 2.35 bits per heavy atom. The standard InChI is InChI=1S/C21H23NO4/c1-15-13-16(6-12-20(15)25-4)5-11-19(23)17-7-9-18(10-8-17)26-14-21(24)22(2)3/h5-13H,14H2,1-4H3/b11-5+. The van der Waals surface area contributed by atoms with Crippen LogP contribution in [0.3, 0.4) is 0 Å². The molecule has 0 radical (unpaired) electrons. The van der Waals surface area contributed by atoms with Crippen LogP contribution in [0.4, 0.5) is 0 Å². The van der Waals surface area contributed by atoms with Crippen LogP contribution in [0.1, 0.15) is 21.5 Å². The maximum Gasteiger partial charge on any atom is 0.259 e. The van der Waals surface area contributed by atoms with Crippen molar-refractivity contribution in [2.24, 2.45) is 0 Å². The van der Waals surface area contributed by atoms with Crippen molar-refractivity contribution in [3.05, 3.63) is 65.2 Å². The van der Waals surface area contributed by atoms with Crippen LogP contribution in [-0.4, -0.2) is 44.4 Å². The molecule has 0 saturated carbocycles. The van der Waals surface area contributed by atoms with E-state index >= 15 is 0 Å². The zero-order chi connectivity index (χ0) is 19.1. The Labute approximate surface area is 153 Å². The lowest BCUT2D eigenvalue weighted by molar-refractivity contribution is -0.130. The second-order valence-corrected chi connectivity index (χ2v) is 6.03. The van der Waals surface area contributed by atoms with E-state index in [9.17, 15) is 9.59 Å². The summed E-state index contributed by atoms with van der Waals surface area (Å²) in [6.45, 7) is 1.93. The van der Waals surface area contributed by atoms with E-state index < -0.39 is 0 Å². The van der Waals surface area contributed by atoms with E-state index in [4.69, 9.17) is 9.47 Å². The second-order valence-electron chi connectivity index (χ2n) is 6.03. The van der Waals surface area contributed by atoms with Gasteiger partial charge in [0.1, 0.15) is 11.5 Å². The Hall–Kier alpha value is -3.08. The SMILES string of the molecule is COc1ccc(/C=C/C(=O)c2ccc(OCC(=O)N(C)C)cc2)cc1C. The molecule has 0 aliphatic carbocycles. The number of ketones is 1. The van der Waals surface area contributed by atoms with Gasteiger partial charge in [0.05, 0.1) is 7.11 Å². The highest BCUT2D eigenvalue weighted by molar-refractivity contribution is 6.06. The number of benzene rings is 2. The van der Waals surface area contributed by atoms with Crippen LogP contribution < -0.4 is 9.47 Å². The summed E-state index contributed by atoms with van der Waals surface area (Å²) in [6, 6.07) is 12.5. The molecule has 26 heavy (non-hydrogen) atoms. The van der Waals surface area contributed by atoms with Gasteiger partial charge in [-0.2, -0.15) is 0 Å². The third-order valence-electron chi connectivity index (χ3n) is 3.85. The van der Waals surface area contributed by atoms with Gasteiger partial charge in [-0.05, 0) is 60.5 Å². The molecule has 0 aliphatic heterocycles. The monoisotopic (exact) mass is 353 g/mol. The smallest absolute Gasteiger partial charge is 0.259 e. The van der Waals surface area contributed by atoms with E-state index in [-0.39, 0.29) is 18.3 Å². The minimum absolute atomic E-state index is 0.0307. The maximum absolute atomic E-state index is 12.3. The molecule has 0 bridgehead atoms. The molecule has 5 nitrogen and oxygen atoms in total. The van der Waals surface area contributed by atoms with Crippen LogP contribution in [0.2, 0.25) is 0 Å². The summed E-state index contributed by atoms with van der Waals surface area (Å²) < 4.78 is 10.6. The van der Waals surface area contributed by atoms with Crippen molar-refractivity contribution in [3.8, 4) is 11.5 Å². The molecule has 0 atom stereocenters. The summed E-state index contributed by atoms with van der Waals surface area (Å²) >= 11 is 0. The molecule has 0 saturated heterocycles. The number of amides is 1. The topological polar surface area (TPSA) is 55.8 Å². The zero-order valence-corrected chi connectivity index (χ0v) is 15.5. The first kappa shape index (κ1) is 19.2. The van der Waals surface area contributed by atoms with Crippen molar-refractivity contribution >= 4 is 17.8 Å². The number of likely N-dealkylation sites (N-methyl/N-ethyl adjacent to an activating group) is 1. The molecule has 1 amide bonds. The maximum atomic E-state index is 12.3. The fraction of sp³-hybridized carbons (Fsp3) is 0.238. The molecular formula is C21H23NO4. The Bertz CT molecular complexity index is 807. The molecule has 0 aromatic heterocycles. The van der Waals surface area contributed by atoms with Crippen molar-refractivity contribution in [1.82, 2.24) is 4.90 Å². The average Bonchev–Trinajstić information content (AvgIpc) is 2.64. The number of nitrogens with zero attached hydrogens (tertiary/aromatic N) is 1. The second kappa shape index (κ2) is 8.85. The van der Waals surface area contributed by atoms with E-state index in [1.165, 1.54) is 11.0 Å². The van der Waals surface area contributed by atoms with E-state index in [0.29, 0.717) is 11.3 Å². The molecule has 2 aromatic carbocycles. The minimum atomic E-state index is -0.122. The van der Waals surface area contributed by atoms with Gasteiger partial charge in [-0.15, -0.1) is 0 Å². The van der Waals surface area contributed by atoms with Crippen LogP contribution in [0.5, 0.6) is 11.5 Å². The summed E-state index contributed by atoms with van der Waals surface area (Å²) in [4.78, 5) is 25.2. The van der Waals surface area contributed by atoms with Gasteiger partial charge in [-0.25, -0.2) is 0 Å². The van der Waals surface area contributed by atoms with Gasteiger partial charge in [0.25, 0.3) is 5.91 Å². The fourth-order valence-electron chi connectivity index (χ4n) is 2.26. The lowest BCUT2D eigenvalue weighted by atomic mass is 10.1. The first-order valence-corrected chi connectivity index (χ1v) is 8.21. The molecule has 0 spiro atoms. The van der Waals surface area contributed by atoms with Gasteiger partial charge in [0, 0.05) is 19.7 Å². The molecule has 0 aliphatic rings. The molecule has 0 heterocycles. The molecule has 0 fully saturated rings. The quantitative estimate of drug-likeness (QED) is 0.566. The molecule has 2 aromatic rings. The zero-order valence-electron chi connectivity index (χ0n) is 15.5. The first-order valence-electron chi connectivity index (χ1n) is 8.21. The van der Waals surface area contributed by atoms with Gasteiger partial charge in [-0.1, -0.05) is 12.1 Å². The van der Waals surface area contributed by atoms with Crippen molar-refractivity contribution in [2.75, 3.05) is 27.8 Å². The summed E-state index contributed by atoms with van der Waals surface area (Å²) in [5.41, 5.74) is 2.49. The van der Waals surface area contributed by atoms with Crippen molar-refractivity contribution in [1.29, 1.82) is 0 Å². The summed E-state index contributed by atoms with van der Waals surface area (Å²) in [5.74, 6) is 1.14. The lowest BCUT2D eigenvalue weighted by Crippen LogP contribution is -2.27. The third kappa shape index (κ3) is 5.21. The molecule has 0 unspecified atom stereocenters. The third-order valence-corrected chi connectivity index (χ3v) is 3.85. The van der Waals surface area contributed by atoms with Crippen molar-refractivity contribution in [3.63, 3.8) is 0 Å². The van der Waals surface area contributed by atoms with Gasteiger partial charge < -0.3 is 14.4 Å². The number of carbonyl (C=O) groups is 2. The largest absolute Gasteiger partial charge is 0.496 e. The number of rotatable bonds is 7. The van der Waals surface area contributed by atoms with Gasteiger partial charge in [-0.3, -0.25) is 9.59 Å². The highest BCUT2D eigenvalue weighted by atomic mass is 16.5. The Balaban J connectivity index is 1.99.